The maximum absolute atomic E-state index is 11.7. The number of rotatable bonds is 5. The van der Waals surface area contributed by atoms with Crippen LogP contribution in [0.2, 0.25) is 0 Å². The van der Waals surface area contributed by atoms with Crippen LogP contribution in [0.25, 0.3) is 0 Å². The third-order valence-electron chi connectivity index (χ3n) is 3.45. The first-order valence-electron chi connectivity index (χ1n) is 6.91. The van der Waals surface area contributed by atoms with Gasteiger partial charge < -0.3 is 15.2 Å². The quantitative estimate of drug-likeness (QED) is 0.767. The fourth-order valence-electron chi connectivity index (χ4n) is 2.54. The van der Waals surface area contributed by atoms with E-state index in [1.807, 2.05) is 0 Å². The molecule has 2 rings (SSSR count). The van der Waals surface area contributed by atoms with Crippen molar-refractivity contribution in [3.05, 3.63) is 20.3 Å². The van der Waals surface area contributed by atoms with Gasteiger partial charge in [0, 0.05) is 13.1 Å². The summed E-state index contributed by atoms with van der Waals surface area (Å²) in [7, 11) is 0. The highest BCUT2D eigenvalue weighted by atomic mass is 127. The van der Waals surface area contributed by atoms with Crippen molar-refractivity contribution < 1.29 is 0 Å². The van der Waals surface area contributed by atoms with E-state index in [4.69, 9.17) is 0 Å². The maximum Gasteiger partial charge on any atom is 0.266 e. The molecule has 2 heterocycles. The van der Waals surface area contributed by atoms with Gasteiger partial charge in [-0.25, -0.2) is 4.98 Å². The molecule has 1 saturated heterocycles. The van der Waals surface area contributed by atoms with Crippen molar-refractivity contribution in [1.29, 1.82) is 0 Å². The summed E-state index contributed by atoms with van der Waals surface area (Å²) < 4.78 is 0.692. The Balaban J connectivity index is 2.14. The van der Waals surface area contributed by atoms with E-state index < -0.39 is 0 Å². The molecule has 19 heavy (non-hydrogen) atoms. The normalized spacial score (nSPS) is 19.4. The smallest absolute Gasteiger partial charge is 0.266 e. The van der Waals surface area contributed by atoms with Gasteiger partial charge >= 0.3 is 0 Å². The van der Waals surface area contributed by atoms with E-state index in [0.717, 1.165) is 38.4 Å². The molecule has 1 aromatic rings. The number of anilines is 1. The summed E-state index contributed by atoms with van der Waals surface area (Å²) in [5, 5.41) is 3.44. The summed E-state index contributed by atoms with van der Waals surface area (Å²) in [5.74, 6) is 1.48. The van der Waals surface area contributed by atoms with Crippen molar-refractivity contribution in [1.82, 2.24) is 15.3 Å². The molecule has 1 aliphatic heterocycles. The molecule has 1 aliphatic rings. The molecule has 0 aromatic carbocycles. The lowest BCUT2D eigenvalue weighted by Crippen LogP contribution is -2.39. The first-order chi connectivity index (χ1) is 9.22. The Labute approximate surface area is 127 Å². The minimum Gasteiger partial charge on any atom is -0.355 e. The van der Waals surface area contributed by atoms with Gasteiger partial charge in [-0.15, -0.1) is 0 Å². The zero-order valence-corrected chi connectivity index (χ0v) is 13.4. The molecule has 0 amide bonds. The fraction of sp³-hybridized carbons (Fsp3) is 0.692. The van der Waals surface area contributed by atoms with Gasteiger partial charge in [-0.3, -0.25) is 4.79 Å². The summed E-state index contributed by atoms with van der Waals surface area (Å²) in [6.07, 6.45) is 5.06. The Morgan fingerprint density at radius 3 is 3.11 bits per heavy atom. The van der Waals surface area contributed by atoms with Gasteiger partial charge in [-0.1, -0.05) is 6.92 Å². The number of aromatic amines is 1. The standard InChI is InChI=1S/C13H21IN4O/c1-2-6-18(8-10-4-3-5-15-7-10)12-11(14)13(19)17-9-16-12/h9-10,15H,2-8H2,1H3,(H,16,17,19). The van der Waals surface area contributed by atoms with E-state index in [0.29, 0.717) is 9.49 Å². The minimum atomic E-state index is -0.0477. The molecular formula is C13H21IN4O. The molecule has 106 valence electrons. The summed E-state index contributed by atoms with van der Waals surface area (Å²) >= 11 is 2.09. The molecule has 6 heteroatoms. The van der Waals surface area contributed by atoms with E-state index in [1.54, 1.807) is 0 Å². The van der Waals surface area contributed by atoms with Crippen LogP contribution in [0.4, 0.5) is 5.82 Å². The fourth-order valence-corrected chi connectivity index (χ4v) is 3.18. The van der Waals surface area contributed by atoms with Crippen molar-refractivity contribution in [2.45, 2.75) is 26.2 Å². The SMILES string of the molecule is CCCN(CC1CCCNC1)c1nc[nH]c(=O)c1I. The lowest BCUT2D eigenvalue weighted by molar-refractivity contribution is 0.376. The zero-order chi connectivity index (χ0) is 13.7. The molecular weight excluding hydrogens is 355 g/mol. The number of piperidine rings is 1. The molecule has 2 N–H and O–H groups in total. The van der Waals surface area contributed by atoms with Crippen LogP contribution in [0.15, 0.2) is 11.1 Å². The highest BCUT2D eigenvalue weighted by Crippen LogP contribution is 2.20. The van der Waals surface area contributed by atoms with Crippen LogP contribution < -0.4 is 15.8 Å². The number of hydrogen-bond acceptors (Lipinski definition) is 4. The Morgan fingerprint density at radius 1 is 1.58 bits per heavy atom. The van der Waals surface area contributed by atoms with Crippen LogP contribution in [0, 0.1) is 9.49 Å². The number of H-pyrrole nitrogens is 1. The molecule has 0 aliphatic carbocycles. The molecule has 1 aromatic heterocycles. The number of hydrogen-bond donors (Lipinski definition) is 2. The third-order valence-corrected chi connectivity index (χ3v) is 4.42. The van der Waals surface area contributed by atoms with Gasteiger partial charge in [0.25, 0.3) is 5.56 Å². The second-order valence-corrected chi connectivity index (χ2v) is 6.11. The number of nitrogens with one attached hydrogen (secondary N) is 2. The molecule has 0 bridgehead atoms. The third kappa shape index (κ3) is 3.92. The molecule has 0 saturated carbocycles. The van der Waals surface area contributed by atoms with Crippen LogP contribution in [0.5, 0.6) is 0 Å². The van der Waals surface area contributed by atoms with Crippen LogP contribution in [-0.4, -0.2) is 36.1 Å². The van der Waals surface area contributed by atoms with Crippen LogP contribution >= 0.6 is 22.6 Å². The van der Waals surface area contributed by atoms with Gasteiger partial charge in [-0.05, 0) is 60.9 Å². The first-order valence-corrected chi connectivity index (χ1v) is 7.99. The van der Waals surface area contributed by atoms with E-state index >= 15 is 0 Å². The van der Waals surface area contributed by atoms with Crippen LogP contribution in [0.3, 0.4) is 0 Å². The Bertz CT molecular complexity index is 456. The van der Waals surface area contributed by atoms with E-state index in [2.05, 4.69) is 49.7 Å². The largest absolute Gasteiger partial charge is 0.355 e. The summed E-state index contributed by atoms with van der Waals surface area (Å²) in [6, 6.07) is 0. The predicted molar refractivity (Wildman–Crippen MR) is 85.7 cm³/mol. The van der Waals surface area contributed by atoms with Gasteiger partial charge in [0.15, 0.2) is 0 Å². The highest BCUT2D eigenvalue weighted by molar-refractivity contribution is 14.1. The Kier molecular flexibility index (Phi) is 5.62. The van der Waals surface area contributed by atoms with Crippen molar-refractivity contribution in [2.24, 2.45) is 5.92 Å². The monoisotopic (exact) mass is 376 g/mol. The van der Waals surface area contributed by atoms with E-state index in [9.17, 15) is 4.79 Å². The average Bonchev–Trinajstić information content (AvgIpc) is 2.43. The maximum atomic E-state index is 11.7. The van der Waals surface area contributed by atoms with Gasteiger partial charge in [0.1, 0.15) is 9.39 Å². The zero-order valence-electron chi connectivity index (χ0n) is 11.3. The van der Waals surface area contributed by atoms with Gasteiger partial charge in [0.05, 0.1) is 6.33 Å². The number of aromatic nitrogens is 2. The van der Waals surface area contributed by atoms with Crippen molar-refractivity contribution in [3.8, 4) is 0 Å². The van der Waals surface area contributed by atoms with Crippen LogP contribution in [0.1, 0.15) is 26.2 Å². The van der Waals surface area contributed by atoms with E-state index in [-0.39, 0.29) is 5.56 Å². The molecule has 1 atom stereocenters. The molecule has 5 nitrogen and oxygen atoms in total. The van der Waals surface area contributed by atoms with Crippen molar-refractivity contribution >= 4 is 28.4 Å². The predicted octanol–water partition coefficient (Wildman–Crippen LogP) is 1.59. The lowest BCUT2D eigenvalue weighted by Gasteiger charge is -2.31. The average molecular weight is 376 g/mol. The highest BCUT2D eigenvalue weighted by Gasteiger charge is 2.20. The van der Waals surface area contributed by atoms with Gasteiger partial charge in [0.2, 0.25) is 0 Å². The Morgan fingerprint density at radius 2 is 2.42 bits per heavy atom. The second-order valence-electron chi connectivity index (χ2n) is 5.03. The molecule has 1 unspecified atom stereocenters. The summed E-state index contributed by atoms with van der Waals surface area (Å²) in [5.41, 5.74) is -0.0477. The number of halogens is 1. The minimum absolute atomic E-state index is 0.0477. The first kappa shape index (κ1) is 14.8. The molecule has 0 spiro atoms. The number of nitrogens with zero attached hydrogens (tertiary/aromatic N) is 2. The molecule has 0 radical (unpaired) electrons. The summed E-state index contributed by atoms with van der Waals surface area (Å²) in [6.45, 7) is 6.29. The second kappa shape index (κ2) is 7.23. The van der Waals surface area contributed by atoms with Crippen molar-refractivity contribution in [2.75, 3.05) is 31.1 Å². The Hall–Kier alpha value is -0.630. The van der Waals surface area contributed by atoms with Crippen LogP contribution in [-0.2, 0) is 0 Å². The summed E-state index contributed by atoms with van der Waals surface area (Å²) in [4.78, 5) is 21.0. The topological polar surface area (TPSA) is 61.0 Å². The lowest BCUT2D eigenvalue weighted by atomic mass is 9.99. The van der Waals surface area contributed by atoms with E-state index in [1.165, 1.54) is 19.2 Å². The van der Waals surface area contributed by atoms with Gasteiger partial charge in [-0.2, -0.15) is 0 Å². The molecule has 1 fully saturated rings. The van der Waals surface area contributed by atoms with Crippen molar-refractivity contribution in [3.63, 3.8) is 0 Å².